The van der Waals surface area contributed by atoms with Gasteiger partial charge in [-0.2, -0.15) is 0 Å². The van der Waals surface area contributed by atoms with Gasteiger partial charge in [-0.1, -0.05) is 60.1 Å². The number of aliphatic hydroxyl groups excluding tert-OH is 1. The van der Waals surface area contributed by atoms with Crippen LogP contribution in [0.2, 0.25) is 5.02 Å². The van der Waals surface area contributed by atoms with Crippen molar-refractivity contribution >= 4 is 39.0 Å². The van der Waals surface area contributed by atoms with Gasteiger partial charge in [0, 0.05) is 29.2 Å². The maximum Gasteiger partial charge on any atom is 0.276 e. The van der Waals surface area contributed by atoms with Gasteiger partial charge in [-0.05, 0) is 42.0 Å². The first kappa shape index (κ1) is 25.3. The molecule has 0 spiro atoms. The van der Waals surface area contributed by atoms with Crippen LogP contribution in [0.25, 0.3) is 5.76 Å². The number of carbonyl (C=O) groups excluding carboxylic acids is 1. The van der Waals surface area contributed by atoms with Crippen molar-refractivity contribution in [3.8, 4) is 5.75 Å². The summed E-state index contributed by atoms with van der Waals surface area (Å²) in [5.74, 6) is -0.849. The van der Waals surface area contributed by atoms with Crippen LogP contribution >= 0.6 is 11.6 Å². The summed E-state index contributed by atoms with van der Waals surface area (Å²) in [5, 5.41) is 14.0. The van der Waals surface area contributed by atoms with Gasteiger partial charge in [-0.3, -0.25) is 14.1 Å². The normalized spacial score (nSPS) is 14.1. The van der Waals surface area contributed by atoms with Crippen molar-refractivity contribution in [3.63, 3.8) is 0 Å². The Morgan fingerprint density at radius 3 is 2.45 bits per heavy atom. The standard InChI is InChI=1S/C28H22ClN3O5S/c29-23-15-21(12-13-24(23)37-18-20-9-6-14-30-16-20)31-28(34)26-27(33)22-10-4-5-11-25(22)38(35,36)32(26)17-19-7-2-1-3-8-19/h1-16,33H,17-18H2,(H,31,34). The van der Waals surface area contributed by atoms with Crippen LogP contribution in [0, 0.1) is 0 Å². The zero-order valence-electron chi connectivity index (χ0n) is 19.9. The largest absolute Gasteiger partial charge is 0.505 e. The van der Waals surface area contributed by atoms with E-state index in [1.807, 2.05) is 6.07 Å². The monoisotopic (exact) mass is 547 g/mol. The molecule has 1 aromatic heterocycles. The molecular weight excluding hydrogens is 526 g/mol. The summed E-state index contributed by atoms with van der Waals surface area (Å²) in [7, 11) is -4.15. The number of nitrogens with zero attached hydrogens (tertiary/aromatic N) is 2. The number of anilines is 1. The Morgan fingerprint density at radius 2 is 1.71 bits per heavy atom. The molecule has 38 heavy (non-hydrogen) atoms. The molecule has 2 N–H and O–H groups in total. The Morgan fingerprint density at radius 1 is 0.974 bits per heavy atom. The van der Waals surface area contributed by atoms with Gasteiger partial charge >= 0.3 is 0 Å². The quantitative estimate of drug-likeness (QED) is 0.321. The van der Waals surface area contributed by atoms with Crippen LogP contribution in [0.1, 0.15) is 16.7 Å². The highest BCUT2D eigenvalue weighted by Crippen LogP contribution is 2.37. The number of aliphatic hydroxyl groups is 1. The molecule has 0 radical (unpaired) electrons. The number of rotatable bonds is 7. The minimum atomic E-state index is -4.15. The van der Waals surface area contributed by atoms with Gasteiger partial charge in [0.1, 0.15) is 12.4 Å². The van der Waals surface area contributed by atoms with Crippen LogP contribution in [0.4, 0.5) is 5.69 Å². The van der Waals surface area contributed by atoms with E-state index in [0.717, 1.165) is 9.87 Å². The van der Waals surface area contributed by atoms with Crippen molar-refractivity contribution in [3.05, 3.63) is 125 Å². The van der Waals surface area contributed by atoms with E-state index in [-0.39, 0.29) is 34.3 Å². The van der Waals surface area contributed by atoms with E-state index >= 15 is 0 Å². The van der Waals surface area contributed by atoms with Crippen LogP contribution in [-0.2, 0) is 28.0 Å². The minimum absolute atomic E-state index is 0.0548. The van der Waals surface area contributed by atoms with E-state index in [1.54, 1.807) is 73.1 Å². The average molecular weight is 548 g/mol. The van der Waals surface area contributed by atoms with Gasteiger partial charge in [0.05, 0.1) is 16.5 Å². The summed E-state index contributed by atoms with van der Waals surface area (Å²) in [5.41, 5.74) is 1.47. The lowest BCUT2D eigenvalue weighted by molar-refractivity contribution is -0.113. The fourth-order valence-electron chi connectivity index (χ4n) is 4.04. The predicted octanol–water partition coefficient (Wildman–Crippen LogP) is 5.38. The number of hydrogen-bond acceptors (Lipinski definition) is 6. The highest BCUT2D eigenvalue weighted by atomic mass is 35.5. The van der Waals surface area contributed by atoms with Crippen molar-refractivity contribution in [1.29, 1.82) is 0 Å². The molecule has 0 bridgehead atoms. The fraction of sp³-hybridized carbons (Fsp3) is 0.0714. The Kier molecular flexibility index (Phi) is 7.04. The van der Waals surface area contributed by atoms with Crippen molar-refractivity contribution in [2.45, 2.75) is 18.0 Å². The molecule has 2 heterocycles. The van der Waals surface area contributed by atoms with Crippen molar-refractivity contribution in [1.82, 2.24) is 9.29 Å². The van der Waals surface area contributed by atoms with E-state index in [2.05, 4.69) is 10.3 Å². The van der Waals surface area contributed by atoms with E-state index in [4.69, 9.17) is 16.3 Å². The second kappa shape index (κ2) is 10.6. The number of carbonyl (C=O) groups is 1. The maximum absolute atomic E-state index is 13.6. The first-order valence-electron chi connectivity index (χ1n) is 11.6. The number of nitrogens with one attached hydrogen (secondary N) is 1. The third-order valence-corrected chi connectivity index (χ3v) is 7.97. The molecule has 4 aromatic rings. The highest BCUT2D eigenvalue weighted by molar-refractivity contribution is 7.89. The number of sulfonamides is 1. The molecule has 1 aliphatic heterocycles. The Bertz CT molecular complexity index is 1630. The Hall–Kier alpha value is -4.34. The lowest BCUT2D eigenvalue weighted by atomic mass is 10.1. The second-order valence-corrected chi connectivity index (χ2v) is 10.7. The first-order chi connectivity index (χ1) is 18.3. The summed E-state index contributed by atoms with van der Waals surface area (Å²) in [4.78, 5) is 17.4. The topological polar surface area (TPSA) is 109 Å². The molecule has 0 atom stereocenters. The van der Waals surface area contributed by atoms with Gasteiger partial charge in [-0.15, -0.1) is 0 Å². The third-order valence-electron chi connectivity index (χ3n) is 5.87. The lowest BCUT2D eigenvalue weighted by Gasteiger charge is -2.31. The van der Waals surface area contributed by atoms with Crippen molar-refractivity contribution in [2.75, 3.05) is 5.32 Å². The molecular formula is C28H22ClN3O5S. The van der Waals surface area contributed by atoms with Crippen LogP contribution in [0.15, 0.2) is 108 Å². The summed E-state index contributed by atoms with van der Waals surface area (Å²) in [6.07, 6.45) is 3.35. The number of aromatic nitrogens is 1. The SMILES string of the molecule is O=C(Nc1ccc(OCc2cccnc2)c(Cl)c1)C1=C(O)c2ccccc2S(=O)(=O)N1Cc1ccccc1. The molecule has 5 rings (SSSR count). The number of amides is 1. The van der Waals surface area contributed by atoms with E-state index < -0.39 is 21.7 Å². The minimum Gasteiger partial charge on any atom is -0.505 e. The fourth-order valence-corrected chi connectivity index (χ4v) is 5.93. The second-order valence-electron chi connectivity index (χ2n) is 8.44. The van der Waals surface area contributed by atoms with Crippen LogP contribution in [0.3, 0.4) is 0 Å². The van der Waals surface area contributed by atoms with E-state index in [9.17, 15) is 18.3 Å². The molecule has 8 nitrogen and oxygen atoms in total. The van der Waals surface area contributed by atoms with E-state index in [0.29, 0.717) is 17.0 Å². The lowest BCUT2D eigenvalue weighted by Crippen LogP contribution is -2.39. The Balaban J connectivity index is 1.44. The number of hydrogen-bond donors (Lipinski definition) is 2. The summed E-state index contributed by atoms with van der Waals surface area (Å²) < 4.78 is 33.8. The number of benzene rings is 3. The molecule has 0 saturated carbocycles. The van der Waals surface area contributed by atoms with Gasteiger partial charge in [0.15, 0.2) is 11.5 Å². The van der Waals surface area contributed by atoms with Gasteiger partial charge in [0.2, 0.25) is 0 Å². The third kappa shape index (κ3) is 5.06. The predicted molar refractivity (Wildman–Crippen MR) is 144 cm³/mol. The summed E-state index contributed by atoms with van der Waals surface area (Å²) in [6.45, 7) is 0.109. The first-order valence-corrected chi connectivity index (χ1v) is 13.4. The van der Waals surface area contributed by atoms with Crippen LogP contribution < -0.4 is 10.1 Å². The molecule has 0 fully saturated rings. The number of pyridine rings is 1. The zero-order valence-corrected chi connectivity index (χ0v) is 21.5. The molecule has 3 aromatic carbocycles. The van der Waals surface area contributed by atoms with Crippen LogP contribution in [0.5, 0.6) is 5.75 Å². The maximum atomic E-state index is 13.6. The van der Waals surface area contributed by atoms with Crippen molar-refractivity contribution in [2.24, 2.45) is 0 Å². The van der Waals surface area contributed by atoms with E-state index in [1.165, 1.54) is 18.2 Å². The molecule has 0 aliphatic carbocycles. The molecule has 0 unspecified atom stereocenters. The molecule has 192 valence electrons. The molecule has 1 amide bonds. The number of halogens is 1. The number of ether oxygens (including phenoxy) is 1. The highest BCUT2D eigenvalue weighted by Gasteiger charge is 2.40. The Labute approximate surface area is 224 Å². The molecule has 10 heteroatoms. The molecule has 0 saturated heterocycles. The number of fused-ring (bicyclic) bond motifs is 1. The van der Waals surface area contributed by atoms with Gasteiger partial charge < -0.3 is 15.2 Å². The van der Waals surface area contributed by atoms with Crippen molar-refractivity contribution < 1.29 is 23.1 Å². The average Bonchev–Trinajstić information content (AvgIpc) is 2.92. The van der Waals surface area contributed by atoms with Gasteiger partial charge in [0.25, 0.3) is 15.9 Å². The summed E-state index contributed by atoms with van der Waals surface area (Å²) >= 11 is 6.38. The summed E-state index contributed by atoms with van der Waals surface area (Å²) in [6, 6.07) is 23.2. The molecule has 1 aliphatic rings. The zero-order chi connectivity index (χ0) is 26.7. The smallest absolute Gasteiger partial charge is 0.276 e. The van der Waals surface area contributed by atoms with Crippen LogP contribution in [-0.4, -0.2) is 28.7 Å². The van der Waals surface area contributed by atoms with Gasteiger partial charge in [-0.25, -0.2) is 8.42 Å².